The van der Waals surface area contributed by atoms with E-state index in [0.29, 0.717) is 22.7 Å². The van der Waals surface area contributed by atoms with Gasteiger partial charge in [0.2, 0.25) is 11.1 Å². The van der Waals surface area contributed by atoms with Crippen molar-refractivity contribution in [3.63, 3.8) is 0 Å². The number of fused-ring (bicyclic) bond motifs is 1. The van der Waals surface area contributed by atoms with E-state index in [9.17, 15) is 9.59 Å². The van der Waals surface area contributed by atoms with Crippen molar-refractivity contribution >= 4 is 28.6 Å². The molecule has 0 atom stereocenters. The second-order valence-corrected chi connectivity index (χ2v) is 5.90. The minimum absolute atomic E-state index is 0.0375. The van der Waals surface area contributed by atoms with Crippen molar-refractivity contribution in [2.45, 2.75) is 19.0 Å². The van der Waals surface area contributed by atoms with Gasteiger partial charge in [-0.3, -0.25) is 9.59 Å². The third-order valence-corrected chi connectivity index (χ3v) is 3.53. The Balaban J connectivity index is 2.48. The molecule has 1 heterocycles. The first-order valence-electron chi connectivity index (χ1n) is 6.55. The van der Waals surface area contributed by atoms with Crippen LogP contribution in [0.25, 0.3) is 10.9 Å². The second kappa shape index (κ2) is 6.62. The molecule has 0 fully saturated rings. The van der Waals surface area contributed by atoms with Gasteiger partial charge in [-0.05, 0) is 18.1 Å². The van der Waals surface area contributed by atoms with E-state index in [1.165, 1.54) is 0 Å². The van der Waals surface area contributed by atoms with Gasteiger partial charge in [-0.15, -0.1) is 4.73 Å². The van der Waals surface area contributed by atoms with Crippen molar-refractivity contribution in [2.24, 2.45) is 11.7 Å². The van der Waals surface area contributed by atoms with Gasteiger partial charge in [-0.1, -0.05) is 37.7 Å². The van der Waals surface area contributed by atoms with E-state index in [0.717, 1.165) is 16.5 Å². The predicted molar refractivity (Wildman–Crippen MR) is 82.2 cm³/mol. The van der Waals surface area contributed by atoms with Gasteiger partial charge in [0.25, 0.3) is 5.56 Å². The Labute approximate surface area is 126 Å². The number of nitrogens with zero attached hydrogens (tertiary/aromatic N) is 2. The van der Waals surface area contributed by atoms with Crippen LogP contribution in [-0.4, -0.2) is 28.0 Å². The van der Waals surface area contributed by atoms with Crippen LogP contribution in [0.2, 0.25) is 0 Å². The third kappa shape index (κ3) is 3.75. The average Bonchev–Trinajstić information content (AvgIpc) is 2.44. The molecule has 1 aromatic carbocycles. The largest absolute Gasteiger partial charge is 0.408 e. The van der Waals surface area contributed by atoms with Crippen molar-refractivity contribution in [3.05, 3.63) is 34.6 Å². The monoisotopic (exact) mass is 307 g/mol. The summed E-state index contributed by atoms with van der Waals surface area (Å²) < 4.78 is 1.15. The lowest BCUT2D eigenvalue weighted by Crippen LogP contribution is -2.31. The van der Waals surface area contributed by atoms with E-state index in [1.807, 2.05) is 13.8 Å². The maximum atomic E-state index is 12.5. The fraction of sp³-hybridized carbons (Fsp3) is 0.357. The van der Waals surface area contributed by atoms with Crippen LogP contribution in [0.15, 0.2) is 34.2 Å². The van der Waals surface area contributed by atoms with Gasteiger partial charge in [0, 0.05) is 0 Å². The summed E-state index contributed by atoms with van der Waals surface area (Å²) >= 11 is 1.09. The molecule has 0 spiro atoms. The summed E-state index contributed by atoms with van der Waals surface area (Å²) in [7, 11) is 0. The number of benzene rings is 1. The topological polar surface area (TPSA) is 87.2 Å². The van der Waals surface area contributed by atoms with Crippen molar-refractivity contribution < 1.29 is 9.63 Å². The van der Waals surface area contributed by atoms with Gasteiger partial charge in [0.05, 0.1) is 16.7 Å². The van der Waals surface area contributed by atoms with Gasteiger partial charge >= 0.3 is 0 Å². The third-order valence-electron chi connectivity index (χ3n) is 2.59. The molecule has 2 aromatic rings. The van der Waals surface area contributed by atoms with Crippen LogP contribution in [0, 0.1) is 5.92 Å². The molecule has 2 rings (SSSR count). The zero-order valence-electron chi connectivity index (χ0n) is 11.9. The Hall–Kier alpha value is -2.02. The van der Waals surface area contributed by atoms with Crippen LogP contribution in [0.3, 0.4) is 0 Å². The summed E-state index contributed by atoms with van der Waals surface area (Å²) in [4.78, 5) is 33.3. The first-order valence-corrected chi connectivity index (χ1v) is 7.53. The Morgan fingerprint density at radius 3 is 2.81 bits per heavy atom. The van der Waals surface area contributed by atoms with E-state index in [-0.39, 0.29) is 17.2 Å². The molecule has 0 unspecified atom stereocenters. The predicted octanol–water partition coefficient (Wildman–Crippen LogP) is 1.06. The number of rotatable bonds is 6. The molecule has 1 amide bonds. The van der Waals surface area contributed by atoms with Gasteiger partial charge in [-0.2, -0.15) is 0 Å². The van der Waals surface area contributed by atoms with Gasteiger partial charge in [0.15, 0.2) is 0 Å². The zero-order chi connectivity index (χ0) is 15.4. The Morgan fingerprint density at radius 1 is 1.43 bits per heavy atom. The summed E-state index contributed by atoms with van der Waals surface area (Å²) in [5.74, 6) is -0.175. The standard InChI is InChI=1S/C14H17N3O3S/c1-9(2)7-20-17-13(19)10-5-3-4-6-11(10)16-14(17)21-8-12(15)18/h3-6,9H,7-8H2,1-2H3,(H2,15,18). The molecule has 0 saturated heterocycles. The van der Waals surface area contributed by atoms with Crippen LogP contribution in [0.1, 0.15) is 13.8 Å². The summed E-state index contributed by atoms with van der Waals surface area (Å²) in [6.07, 6.45) is 0. The molecular weight excluding hydrogens is 290 g/mol. The minimum atomic E-state index is -0.474. The highest BCUT2D eigenvalue weighted by molar-refractivity contribution is 7.99. The Kier molecular flexibility index (Phi) is 4.85. The van der Waals surface area contributed by atoms with E-state index >= 15 is 0 Å². The van der Waals surface area contributed by atoms with Crippen LogP contribution in [0.5, 0.6) is 0 Å². The molecule has 0 bridgehead atoms. The molecule has 2 N–H and O–H groups in total. The highest BCUT2D eigenvalue weighted by Gasteiger charge is 2.13. The molecule has 0 aliphatic carbocycles. The summed E-state index contributed by atoms with van der Waals surface area (Å²) in [6.45, 7) is 4.34. The number of thioether (sulfide) groups is 1. The number of hydrogen-bond donors (Lipinski definition) is 1. The van der Waals surface area contributed by atoms with E-state index in [2.05, 4.69) is 4.98 Å². The van der Waals surface area contributed by atoms with Crippen LogP contribution < -0.4 is 16.1 Å². The highest BCUT2D eigenvalue weighted by atomic mass is 32.2. The molecular formula is C14H17N3O3S. The van der Waals surface area contributed by atoms with Crippen LogP contribution in [-0.2, 0) is 4.79 Å². The molecule has 0 radical (unpaired) electrons. The number of carbonyl (C=O) groups excluding carboxylic acids is 1. The number of primary amides is 1. The van der Waals surface area contributed by atoms with Crippen molar-refractivity contribution in [2.75, 3.05) is 12.4 Å². The Bertz CT molecular complexity index is 712. The van der Waals surface area contributed by atoms with Gasteiger partial charge in [-0.25, -0.2) is 4.98 Å². The molecule has 0 aliphatic heterocycles. The van der Waals surface area contributed by atoms with Crippen LogP contribution in [0.4, 0.5) is 0 Å². The molecule has 112 valence electrons. The first kappa shape index (κ1) is 15.4. The SMILES string of the molecule is CC(C)COn1c(SCC(N)=O)nc2ccccc2c1=O. The first-order chi connectivity index (χ1) is 9.99. The molecule has 21 heavy (non-hydrogen) atoms. The molecule has 7 heteroatoms. The highest BCUT2D eigenvalue weighted by Crippen LogP contribution is 2.16. The lowest BCUT2D eigenvalue weighted by molar-refractivity contribution is -0.115. The normalized spacial score (nSPS) is 11.0. The summed E-state index contributed by atoms with van der Waals surface area (Å²) in [5, 5.41) is 0.808. The minimum Gasteiger partial charge on any atom is -0.408 e. The number of carbonyl (C=O) groups is 1. The fourth-order valence-corrected chi connectivity index (χ4v) is 2.35. The lowest BCUT2D eigenvalue weighted by Gasteiger charge is -2.14. The number of amides is 1. The maximum Gasteiger partial charge on any atom is 0.295 e. The summed E-state index contributed by atoms with van der Waals surface area (Å²) in [5.41, 5.74) is 5.43. The number of hydrogen-bond acceptors (Lipinski definition) is 5. The quantitative estimate of drug-likeness (QED) is 0.637. The smallest absolute Gasteiger partial charge is 0.295 e. The van der Waals surface area contributed by atoms with E-state index in [1.54, 1.807) is 24.3 Å². The van der Waals surface area contributed by atoms with Gasteiger partial charge < -0.3 is 10.6 Å². The van der Waals surface area contributed by atoms with Crippen molar-refractivity contribution in [3.8, 4) is 0 Å². The van der Waals surface area contributed by atoms with Gasteiger partial charge in [0.1, 0.15) is 6.61 Å². The van der Waals surface area contributed by atoms with E-state index in [4.69, 9.17) is 10.6 Å². The van der Waals surface area contributed by atoms with Crippen molar-refractivity contribution in [1.82, 2.24) is 9.71 Å². The lowest BCUT2D eigenvalue weighted by atomic mass is 10.2. The Morgan fingerprint density at radius 2 is 2.14 bits per heavy atom. The second-order valence-electron chi connectivity index (χ2n) is 4.96. The number of para-hydroxylation sites is 1. The molecule has 1 aromatic heterocycles. The van der Waals surface area contributed by atoms with E-state index < -0.39 is 5.91 Å². The molecule has 6 nitrogen and oxygen atoms in total. The molecule has 0 aliphatic rings. The van der Waals surface area contributed by atoms with Crippen LogP contribution >= 0.6 is 11.8 Å². The number of aromatic nitrogens is 2. The molecule has 0 saturated carbocycles. The summed E-state index contributed by atoms with van der Waals surface area (Å²) in [6, 6.07) is 7.02. The average molecular weight is 307 g/mol. The number of nitrogens with two attached hydrogens (primary N) is 1. The van der Waals surface area contributed by atoms with Crippen molar-refractivity contribution in [1.29, 1.82) is 0 Å². The fourth-order valence-electron chi connectivity index (χ4n) is 1.66. The zero-order valence-corrected chi connectivity index (χ0v) is 12.7. The maximum absolute atomic E-state index is 12.5.